The monoisotopic (exact) mass is 350 g/mol. The Labute approximate surface area is 147 Å². The normalized spacial score (nSPS) is 11.0. The van der Waals surface area contributed by atoms with Crippen LogP contribution in [0.4, 0.5) is 0 Å². The van der Waals surface area contributed by atoms with Crippen LogP contribution in [0, 0.1) is 0 Å². The number of para-hydroxylation sites is 2. The van der Waals surface area contributed by atoms with Crippen LogP contribution in [-0.2, 0) is 9.47 Å². The Balaban J connectivity index is 1.88. The Hall–Kier alpha value is -3.68. The van der Waals surface area contributed by atoms with Gasteiger partial charge in [0.25, 0.3) is 0 Å². The number of aromatic nitrogens is 4. The zero-order valence-electron chi connectivity index (χ0n) is 14.0. The Morgan fingerprint density at radius 1 is 0.769 bits per heavy atom. The van der Waals surface area contributed by atoms with Crippen LogP contribution in [0.5, 0.6) is 0 Å². The maximum Gasteiger partial charge on any atom is 0.340 e. The molecule has 8 heteroatoms. The SMILES string of the molecule is COC(=O)c1cccc2[nH]c(-c3nc4c(C(=O)OC)cccc4[nH]3)nc12. The molecule has 0 bridgehead atoms. The van der Waals surface area contributed by atoms with Crippen LogP contribution in [0.2, 0.25) is 0 Å². The predicted molar refractivity (Wildman–Crippen MR) is 93.9 cm³/mol. The third-order valence-electron chi connectivity index (χ3n) is 4.06. The number of hydrogen-bond acceptors (Lipinski definition) is 6. The molecule has 2 aromatic heterocycles. The van der Waals surface area contributed by atoms with Gasteiger partial charge in [-0.1, -0.05) is 12.1 Å². The van der Waals surface area contributed by atoms with Gasteiger partial charge in [-0.2, -0.15) is 0 Å². The fraction of sp³-hybridized carbons (Fsp3) is 0.111. The van der Waals surface area contributed by atoms with E-state index in [0.29, 0.717) is 44.8 Å². The van der Waals surface area contributed by atoms with Gasteiger partial charge in [0.15, 0.2) is 11.6 Å². The molecule has 0 atom stereocenters. The molecule has 2 N–H and O–H groups in total. The third kappa shape index (κ3) is 2.39. The van der Waals surface area contributed by atoms with Gasteiger partial charge in [-0.05, 0) is 24.3 Å². The molecule has 0 spiro atoms. The largest absolute Gasteiger partial charge is 0.465 e. The van der Waals surface area contributed by atoms with Crippen LogP contribution in [0.1, 0.15) is 20.7 Å². The smallest absolute Gasteiger partial charge is 0.340 e. The summed E-state index contributed by atoms with van der Waals surface area (Å²) >= 11 is 0. The lowest BCUT2D eigenvalue weighted by Gasteiger charge is -1.98. The van der Waals surface area contributed by atoms with E-state index in [4.69, 9.17) is 9.47 Å². The number of aromatic amines is 2. The van der Waals surface area contributed by atoms with Crippen molar-refractivity contribution < 1.29 is 19.1 Å². The summed E-state index contributed by atoms with van der Waals surface area (Å²) in [7, 11) is 2.64. The van der Waals surface area contributed by atoms with E-state index in [1.807, 2.05) is 0 Å². The minimum absolute atomic E-state index is 0.360. The van der Waals surface area contributed by atoms with Crippen molar-refractivity contribution in [2.45, 2.75) is 0 Å². The molecule has 26 heavy (non-hydrogen) atoms. The number of esters is 2. The summed E-state index contributed by atoms with van der Waals surface area (Å²) in [6.45, 7) is 0. The molecular weight excluding hydrogens is 336 g/mol. The second-order valence-electron chi connectivity index (χ2n) is 5.56. The number of imidazole rings is 2. The Morgan fingerprint density at radius 3 is 1.58 bits per heavy atom. The molecule has 0 saturated carbocycles. The van der Waals surface area contributed by atoms with Gasteiger partial charge >= 0.3 is 11.9 Å². The van der Waals surface area contributed by atoms with Crippen molar-refractivity contribution >= 4 is 34.0 Å². The number of carbonyl (C=O) groups excluding carboxylic acids is 2. The van der Waals surface area contributed by atoms with E-state index < -0.39 is 11.9 Å². The van der Waals surface area contributed by atoms with Crippen LogP contribution < -0.4 is 0 Å². The number of H-pyrrole nitrogens is 2. The number of fused-ring (bicyclic) bond motifs is 2. The van der Waals surface area contributed by atoms with Gasteiger partial charge in [0.2, 0.25) is 0 Å². The van der Waals surface area contributed by atoms with Crippen molar-refractivity contribution in [2.24, 2.45) is 0 Å². The second kappa shape index (κ2) is 5.99. The van der Waals surface area contributed by atoms with Gasteiger partial charge in [-0.15, -0.1) is 0 Å². The number of benzene rings is 2. The summed E-state index contributed by atoms with van der Waals surface area (Å²) in [6.07, 6.45) is 0. The zero-order valence-corrected chi connectivity index (χ0v) is 14.0. The molecule has 4 rings (SSSR count). The quantitative estimate of drug-likeness (QED) is 0.550. The standard InChI is InChI=1S/C18H14N4O4/c1-25-17(23)9-5-3-7-11-13(9)21-15(19-11)16-20-12-8-4-6-10(14(12)22-16)18(24)26-2/h3-8H,1-2H3,(H,19,21)(H,20,22). The molecule has 0 aliphatic heterocycles. The summed E-state index contributed by atoms with van der Waals surface area (Å²) in [5.41, 5.74) is 3.05. The lowest BCUT2D eigenvalue weighted by atomic mass is 10.2. The molecule has 0 aliphatic carbocycles. The molecular formula is C18H14N4O4. The summed E-state index contributed by atoms with van der Waals surface area (Å²) in [5, 5.41) is 0. The average Bonchev–Trinajstić information content (AvgIpc) is 3.29. The molecule has 0 unspecified atom stereocenters. The molecule has 2 heterocycles. The number of methoxy groups -OCH3 is 2. The van der Waals surface area contributed by atoms with E-state index in [1.165, 1.54) is 14.2 Å². The Morgan fingerprint density at radius 2 is 1.19 bits per heavy atom. The minimum Gasteiger partial charge on any atom is -0.465 e. The molecule has 0 aliphatic rings. The first-order valence-electron chi connectivity index (χ1n) is 7.77. The lowest BCUT2D eigenvalue weighted by molar-refractivity contribution is 0.0594. The maximum absolute atomic E-state index is 11.9. The molecule has 0 amide bonds. The Bertz CT molecular complexity index is 1070. The first-order chi connectivity index (χ1) is 12.6. The van der Waals surface area contributed by atoms with Gasteiger partial charge in [-0.3, -0.25) is 0 Å². The predicted octanol–water partition coefficient (Wildman–Crippen LogP) is 2.68. The first-order valence-corrected chi connectivity index (χ1v) is 7.77. The molecule has 0 saturated heterocycles. The zero-order chi connectivity index (χ0) is 18.3. The summed E-state index contributed by atoms with van der Waals surface area (Å²) in [5.74, 6) is -0.0378. The van der Waals surface area contributed by atoms with E-state index in [9.17, 15) is 9.59 Å². The Kier molecular flexibility index (Phi) is 3.65. The van der Waals surface area contributed by atoms with Crippen LogP contribution in [0.15, 0.2) is 36.4 Å². The van der Waals surface area contributed by atoms with E-state index in [2.05, 4.69) is 19.9 Å². The van der Waals surface area contributed by atoms with Crippen molar-refractivity contribution in [1.29, 1.82) is 0 Å². The van der Waals surface area contributed by atoms with Crippen LogP contribution >= 0.6 is 0 Å². The van der Waals surface area contributed by atoms with Crippen molar-refractivity contribution in [3.05, 3.63) is 47.5 Å². The highest BCUT2D eigenvalue weighted by Crippen LogP contribution is 2.25. The fourth-order valence-corrected chi connectivity index (χ4v) is 2.84. The number of ether oxygens (including phenoxy) is 2. The number of rotatable bonds is 3. The minimum atomic E-state index is -0.466. The molecule has 2 aromatic carbocycles. The van der Waals surface area contributed by atoms with E-state index >= 15 is 0 Å². The van der Waals surface area contributed by atoms with Crippen molar-refractivity contribution in [3.8, 4) is 11.6 Å². The van der Waals surface area contributed by atoms with Crippen molar-refractivity contribution in [1.82, 2.24) is 19.9 Å². The number of carbonyl (C=O) groups is 2. The van der Waals surface area contributed by atoms with Crippen LogP contribution in [-0.4, -0.2) is 46.1 Å². The van der Waals surface area contributed by atoms with Gasteiger partial charge in [0.1, 0.15) is 11.0 Å². The second-order valence-corrected chi connectivity index (χ2v) is 5.56. The van der Waals surface area contributed by atoms with Crippen LogP contribution in [0.25, 0.3) is 33.7 Å². The van der Waals surface area contributed by atoms with Crippen LogP contribution in [0.3, 0.4) is 0 Å². The maximum atomic E-state index is 11.9. The number of hydrogen-bond donors (Lipinski definition) is 2. The lowest BCUT2D eigenvalue weighted by Crippen LogP contribution is -2.01. The van der Waals surface area contributed by atoms with Gasteiger partial charge in [-0.25, -0.2) is 19.6 Å². The molecule has 8 nitrogen and oxygen atoms in total. The highest BCUT2D eigenvalue weighted by Gasteiger charge is 2.18. The van der Waals surface area contributed by atoms with E-state index in [-0.39, 0.29) is 0 Å². The summed E-state index contributed by atoms with van der Waals surface area (Å²) in [6, 6.07) is 10.4. The fourth-order valence-electron chi connectivity index (χ4n) is 2.84. The van der Waals surface area contributed by atoms with Crippen molar-refractivity contribution in [3.63, 3.8) is 0 Å². The molecule has 0 fully saturated rings. The highest BCUT2D eigenvalue weighted by atomic mass is 16.5. The molecule has 130 valence electrons. The van der Waals surface area contributed by atoms with E-state index in [1.54, 1.807) is 36.4 Å². The first kappa shape index (κ1) is 15.8. The molecule has 4 aromatic rings. The highest BCUT2D eigenvalue weighted by molar-refractivity contribution is 6.04. The van der Waals surface area contributed by atoms with Gasteiger partial charge in [0, 0.05) is 0 Å². The average molecular weight is 350 g/mol. The van der Waals surface area contributed by atoms with Gasteiger partial charge < -0.3 is 19.4 Å². The molecule has 0 radical (unpaired) electrons. The number of nitrogens with one attached hydrogen (secondary N) is 2. The third-order valence-corrected chi connectivity index (χ3v) is 4.06. The topological polar surface area (TPSA) is 110 Å². The van der Waals surface area contributed by atoms with Gasteiger partial charge in [0.05, 0.1) is 36.4 Å². The number of nitrogens with zero attached hydrogens (tertiary/aromatic N) is 2. The van der Waals surface area contributed by atoms with Crippen molar-refractivity contribution in [2.75, 3.05) is 14.2 Å². The van der Waals surface area contributed by atoms with E-state index in [0.717, 1.165) is 0 Å². The summed E-state index contributed by atoms with van der Waals surface area (Å²) < 4.78 is 9.59. The summed E-state index contributed by atoms with van der Waals surface area (Å²) in [4.78, 5) is 39.0.